The first kappa shape index (κ1) is 16.9. The van der Waals surface area contributed by atoms with Gasteiger partial charge in [-0.15, -0.1) is 11.3 Å². The predicted octanol–water partition coefficient (Wildman–Crippen LogP) is -1.09. The highest BCUT2D eigenvalue weighted by molar-refractivity contribution is 7.09. The number of aliphatic hydroxyl groups is 2. The lowest BCUT2D eigenvalue weighted by atomic mass is 10.1. The smallest absolute Gasteiger partial charge is 0.237 e. The molecule has 4 N–H and O–H groups in total. The van der Waals surface area contributed by atoms with Crippen molar-refractivity contribution in [2.75, 3.05) is 26.3 Å². The third-order valence-electron chi connectivity index (χ3n) is 3.57. The van der Waals surface area contributed by atoms with Crippen molar-refractivity contribution in [3.8, 4) is 0 Å². The number of carbonyl (C=O) groups excluding carboxylic acids is 2. The van der Waals surface area contributed by atoms with Gasteiger partial charge in [0.25, 0.3) is 0 Å². The van der Waals surface area contributed by atoms with Crippen LogP contribution in [0.3, 0.4) is 0 Å². The van der Waals surface area contributed by atoms with Gasteiger partial charge in [-0.05, 0) is 11.4 Å². The van der Waals surface area contributed by atoms with E-state index >= 15 is 0 Å². The lowest BCUT2D eigenvalue weighted by Crippen LogP contribution is -2.56. The van der Waals surface area contributed by atoms with Gasteiger partial charge in [0.05, 0.1) is 31.7 Å². The Morgan fingerprint density at radius 3 is 2.91 bits per heavy atom. The topological polar surface area (TPSA) is 102 Å². The summed E-state index contributed by atoms with van der Waals surface area (Å²) in [6.45, 7) is 1.21. The molecule has 2 amide bonds. The SMILES string of the molecule is O=C(C[C@@H]1C(=O)NCCN1Cc1cccs1)NC(CO)CO. The van der Waals surface area contributed by atoms with Crippen molar-refractivity contribution >= 4 is 23.2 Å². The molecule has 0 aliphatic carbocycles. The van der Waals surface area contributed by atoms with E-state index in [-0.39, 0.29) is 31.4 Å². The van der Waals surface area contributed by atoms with Crippen molar-refractivity contribution in [1.29, 1.82) is 0 Å². The molecule has 0 radical (unpaired) electrons. The summed E-state index contributed by atoms with van der Waals surface area (Å²) in [7, 11) is 0. The fraction of sp³-hybridized carbons (Fsp3) is 0.571. The van der Waals surface area contributed by atoms with Crippen LogP contribution in [0.1, 0.15) is 11.3 Å². The van der Waals surface area contributed by atoms with E-state index in [0.717, 1.165) is 4.88 Å². The highest BCUT2D eigenvalue weighted by Gasteiger charge is 2.32. The maximum Gasteiger partial charge on any atom is 0.237 e. The van der Waals surface area contributed by atoms with Crippen LogP contribution in [0.2, 0.25) is 0 Å². The Morgan fingerprint density at radius 1 is 1.50 bits per heavy atom. The zero-order chi connectivity index (χ0) is 15.9. The maximum atomic E-state index is 12.1. The van der Waals surface area contributed by atoms with Crippen LogP contribution in [0, 0.1) is 0 Å². The molecule has 2 heterocycles. The summed E-state index contributed by atoms with van der Waals surface area (Å²) in [6, 6.07) is 2.74. The molecule has 1 saturated heterocycles. The molecule has 0 aromatic carbocycles. The molecule has 0 bridgehead atoms. The molecule has 1 aromatic rings. The number of nitrogens with zero attached hydrogens (tertiary/aromatic N) is 1. The fourth-order valence-corrected chi connectivity index (χ4v) is 3.12. The van der Waals surface area contributed by atoms with Gasteiger partial charge in [0.15, 0.2) is 0 Å². The average Bonchev–Trinajstić information content (AvgIpc) is 3.01. The maximum absolute atomic E-state index is 12.1. The van der Waals surface area contributed by atoms with Crippen LogP contribution < -0.4 is 10.6 Å². The summed E-state index contributed by atoms with van der Waals surface area (Å²) >= 11 is 1.62. The van der Waals surface area contributed by atoms with Gasteiger partial charge in [0, 0.05) is 24.5 Å². The zero-order valence-electron chi connectivity index (χ0n) is 12.2. The highest BCUT2D eigenvalue weighted by atomic mass is 32.1. The van der Waals surface area contributed by atoms with Crippen LogP contribution in [-0.2, 0) is 16.1 Å². The van der Waals surface area contributed by atoms with E-state index in [0.29, 0.717) is 19.6 Å². The van der Waals surface area contributed by atoms with Gasteiger partial charge in [-0.3, -0.25) is 14.5 Å². The summed E-state index contributed by atoms with van der Waals surface area (Å²) in [6.07, 6.45) is 0.00765. The second kappa shape index (κ2) is 8.23. The Labute approximate surface area is 132 Å². The standard InChI is InChI=1S/C14H21N3O4S/c18-8-10(9-19)16-13(20)6-12-14(21)15-3-4-17(12)7-11-2-1-5-22-11/h1-2,5,10,12,18-19H,3-4,6-9H2,(H,15,21)(H,16,20)/t12-/m1/s1. The van der Waals surface area contributed by atoms with Crippen LogP contribution in [0.25, 0.3) is 0 Å². The van der Waals surface area contributed by atoms with Crippen LogP contribution >= 0.6 is 11.3 Å². The van der Waals surface area contributed by atoms with Crippen LogP contribution in [0.4, 0.5) is 0 Å². The van der Waals surface area contributed by atoms with E-state index in [4.69, 9.17) is 10.2 Å². The Balaban J connectivity index is 1.97. The van der Waals surface area contributed by atoms with Crippen LogP contribution in [-0.4, -0.2) is 65.3 Å². The van der Waals surface area contributed by atoms with Gasteiger partial charge in [0.1, 0.15) is 0 Å². The third kappa shape index (κ3) is 4.51. The summed E-state index contributed by atoms with van der Waals surface area (Å²) in [5.41, 5.74) is 0. The first-order valence-electron chi connectivity index (χ1n) is 7.19. The monoisotopic (exact) mass is 327 g/mol. The molecule has 1 aromatic heterocycles. The van der Waals surface area contributed by atoms with E-state index in [9.17, 15) is 9.59 Å². The minimum atomic E-state index is -0.690. The van der Waals surface area contributed by atoms with Crippen molar-refractivity contribution in [1.82, 2.24) is 15.5 Å². The van der Waals surface area contributed by atoms with E-state index in [1.165, 1.54) is 0 Å². The molecule has 0 spiro atoms. The van der Waals surface area contributed by atoms with Crippen molar-refractivity contribution in [2.45, 2.75) is 25.0 Å². The quantitative estimate of drug-likeness (QED) is 0.510. The Morgan fingerprint density at radius 2 is 2.27 bits per heavy atom. The molecule has 0 saturated carbocycles. The van der Waals surface area contributed by atoms with E-state index in [1.54, 1.807) is 11.3 Å². The summed E-state index contributed by atoms with van der Waals surface area (Å²) in [5.74, 6) is -0.520. The summed E-state index contributed by atoms with van der Waals surface area (Å²) < 4.78 is 0. The molecule has 1 fully saturated rings. The molecule has 0 unspecified atom stereocenters. The fourth-order valence-electron chi connectivity index (χ4n) is 2.39. The molecule has 7 nitrogen and oxygen atoms in total. The van der Waals surface area contributed by atoms with Crippen LogP contribution in [0.5, 0.6) is 0 Å². The Kier molecular flexibility index (Phi) is 6.32. The molecule has 1 aliphatic heterocycles. The number of nitrogens with one attached hydrogen (secondary N) is 2. The van der Waals surface area contributed by atoms with Gasteiger partial charge >= 0.3 is 0 Å². The number of piperazine rings is 1. The molecular formula is C14H21N3O4S. The number of rotatable bonds is 7. The van der Waals surface area contributed by atoms with Crippen molar-refractivity contribution in [3.63, 3.8) is 0 Å². The third-order valence-corrected chi connectivity index (χ3v) is 4.43. The van der Waals surface area contributed by atoms with E-state index in [2.05, 4.69) is 10.6 Å². The van der Waals surface area contributed by atoms with Gasteiger partial charge in [-0.1, -0.05) is 6.07 Å². The number of amides is 2. The van der Waals surface area contributed by atoms with Gasteiger partial charge in [0.2, 0.25) is 11.8 Å². The summed E-state index contributed by atoms with van der Waals surface area (Å²) in [5, 5.41) is 25.3. The van der Waals surface area contributed by atoms with Crippen molar-refractivity contribution < 1.29 is 19.8 Å². The van der Waals surface area contributed by atoms with E-state index < -0.39 is 12.1 Å². The van der Waals surface area contributed by atoms with E-state index in [1.807, 2.05) is 22.4 Å². The number of aliphatic hydroxyl groups excluding tert-OH is 2. The molecular weight excluding hydrogens is 306 g/mol. The lowest BCUT2D eigenvalue weighted by Gasteiger charge is -2.34. The highest BCUT2D eigenvalue weighted by Crippen LogP contribution is 2.17. The summed E-state index contributed by atoms with van der Waals surface area (Å²) in [4.78, 5) is 27.2. The molecule has 1 aliphatic rings. The largest absolute Gasteiger partial charge is 0.394 e. The Hall–Kier alpha value is -1.48. The second-order valence-corrected chi connectivity index (χ2v) is 6.22. The van der Waals surface area contributed by atoms with Gasteiger partial charge < -0.3 is 20.8 Å². The normalized spacial score (nSPS) is 19.2. The molecule has 1 atom stereocenters. The molecule has 2 rings (SSSR count). The van der Waals surface area contributed by atoms with Gasteiger partial charge in [-0.2, -0.15) is 0 Å². The molecule has 8 heteroatoms. The number of thiophene rings is 1. The lowest BCUT2D eigenvalue weighted by molar-refractivity contribution is -0.134. The second-order valence-electron chi connectivity index (χ2n) is 5.19. The van der Waals surface area contributed by atoms with Gasteiger partial charge in [-0.25, -0.2) is 0 Å². The number of carbonyl (C=O) groups is 2. The number of hydrogen-bond donors (Lipinski definition) is 4. The van der Waals surface area contributed by atoms with Crippen molar-refractivity contribution in [3.05, 3.63) is 22.4 Å². The minimum absolute atomic E-state index is 0.00765. The molecule has 122 valence electrons. The van der Waals surface area contributed by atoms with Crippen molar-refractivity contribution in [2.24, 2.45) is 0 Å². The predicted molar refractivity (Wildman–Crippen MR) is 82.2 cm³/mol. The van der Waals surface area contributed by atoms with Crippen LogP contribution in [0.15, 0.2) is 17.5 Å². The minimum Gasteiger partial charge on any atom is -0.394 e. The first-order chi connectivity index (χ1) is 10.6. The average molecular weight is 327 g/mol. The number of hydrogen-bond acceptors (Lipinski definition) is 6. The first-order valence-corrected chi connectivity index (χ1v) is 8.07. The Bertz CT molecular complexity index is 490. The zero-order valence-corrected chi connectivity index (χ0v) is 13.0. The molecule has 22 heavy (non-hydrogen) atoms.